The predicted octanol–water partition coefficient (Wildman–Crippen LogP) is 3.02. The lowest BCUT2D eigenvalue weighted by Crippen LogP contribution is -2.31. The minimum absolute atomic E-state index is 0.107. The minimum atomic E-state index is -0.562. The Balaban J connectivity index is 1.91. The van der Waals surface area contributed by atoms with E-state index in [1.165, 1.54) is 4.90 Å². The van der Waals surface area contributed by atoms with E-state index in [1.54, 1.807) is 0 Å². The smallest absolute Gasteiger partial charge is 0.296 e. The summed E-state index contributed by atoms with van der Waals surface area (Å²) in [5.41, 5.74) is 2.09. The molecule has 2 N–H and O–H groups in total. The van der Waals surface area contributed by atoms with Crippen LogP contribution in [0.3, 0.4) is 0 Å². The minimum Gasteiger partial charge on any atom is -0.503 e. The largest absolute Gasteiger partial charge is 0.503 e. The summed E-state index contributed by atoms with van der Waals surface area (Å²) < 4.78 is 0.918. The highest BCUT2D eigenvalue weighted by atomic mass is 79.9. The summed E-state index contributed by atoms with van der Waals surface area (Å²) in [6.45, 7) is 0. The van der Waals surface area contributed by atoms with Crippen LogP contribution in [0.25, 0.3) is 5.57 Å². The second kappa shape index (κ2) is 6.14. The van der Waals surface area contributed by atoms with Crippen molar-refractivity contribution >= 4 is 33.4 Å². The van der Waals surface area contributed by atoms with E-state index in [0.29, 0.717) is 5.57 Å². The van der Waals surface area contributed by atoms with Gasteiger partial charge in [0.2, 0.25) is 0 Å². The van der Waals surface area contributed by atoms with E-state index in [0.717, 1.165) is 15.6 Å². The molecule has 0 aliphatic carbocycles. The Kier molecular flexibility index (Phi) is 3.81. The molecule has 7 nitrogen and oxygen atoms in total. The van der Waals surface area contributed by atoms with Gasteiger partial charge in [-0.05, 0) is 28.5 Å². The highest BCUT2D eigenvalue weighted by Gasteiger charge is 2.43. The summed E-state index contributed by atoms with van der Waals surface area (Å²) in [5, 5.41) is 24.3. The van der Waals surface area contributed by atoms with Crippen molar-refractivity contribution in [2.45, 2.75) is 6.04 Å². The molecule has 1 amide bonds. The van der Waals surface area contributed by atoms with Crippen molar-refractivity contribution in [3.8, 4) is 0 Å². The number of rotatable bonds is 3. The first-order valence-corrected chi connectivity index (χ1v) is 8.27. The van der Waals surface area contributed by atoms with Gasteiger partial charge >= 0.3 is 0 Å². The van der Waals surface area contributed by atoms with Crippen LogP contribution in [-0.2, 0) is 4.79 Å². The summed E-state index contributed by atoms with van der Waals surface area (Å²) >= 11 is 3.41. The molecule has 0 saturated carbocycles. The number of aliphatic hydroxyl groups is 1. The Morgan fingerprint density at radius 2 is 1.80 bits per heavy atom. The van der Waals surface area contributed by atoms with Crippen LogP contribution in [-0.4, -0.2) is 31.6 Å². The summed E-state index contributed by atoms with van der Waals surface area (Å²) in [7, 11) is 0. The number of nitrogens with one attached hydrogen (secondary N) is 1. The molecule has 3 aromatic rings. The molecule has 2 heterocycles. The van der Waals surface area contributed by atoms with E-state index in [9.17, 15) is 9.90 Å². The van der Waals surface area contributed by atoms with Gasteiger partial charge in [0.05, 0.1) is 6.04 Å². The number of carbonyl (C=O) groups excluding carboxylic acids is 1. The highest BCUT2D eigenvalue weighted by Crippen LogP contribution is 2.44. The monoisotopic (exact) mass is 397 g/mol. The number of amides is 1. The number of H-pyrrole nitrogens is 1. The lowest BCUT2D eigenvalue weighted by Gasteiger charge is -2.24. The molecular weight excluding hydrogens is 386 g/mol. The molecule has 0 spiro atoms. The fraction of sp³-hybridized carbons (Fsp3) is 0.0588. The molecule has 0 radical (unpaired) electrons. The summed E-state index contributed by atoms with van der Waals surface area (Å²) in [6, 6.07) is 16.3. The van der Waals surface area contributed by atoms with Crippen molar-refractivity contribution in [2.75, 3.05) is 4.90 Å². The van der Waals surface area contributed by atoms with Crippen LogP contribution in [0, 0.1) is 0 Å². The number of benzene rings is 2. The first kappa shape index (κ1) is 15.5. The number of tetrazole rings is 1. The average molecular weight is 398 g/mol. The van der Waals surface area contributed by atoms with Crippen molar-refractivity contribution in [1.29, 1.82) is 0 Å². The van der Waals surface area contributed by atoms with Crippen LogP contribution in [0.1, 0.15) is 17.2 Å². The molecule has 1 aromatic heterocycles. The van der Waals surface area contributed by atoms with Gasteiger partial charge in [0.25, 0.3) is 11.9 Å². The van der Waals surface area contributed by atoms with Gasteiger partial charge in [0, 0.05) is 10.0 Å². The predicted molar refractivity (Wildman–Crippen MR) is 94.5 cm³/mol. The van der Waals surface area contributed by atoms with Crippen LogP contribution in [0.4, 0.5) is 5.95 Å². The molecule has 0 fully saturated rings. The first-order chi connectivity index (χ1) is 12.2. The zero-order valence-corrected chi connectivity index (χ0v) is 14.4. The van der Waals surface area contributed by atoms with Gasteiger partial charge in [-0.2, -0.15) is 5.21 Å². The molecule has 8 heteroatoms. The van der Waals surface area contributed by atoms with E-state index in [4.69, 9.17) is 0 Å². The Morgan fingerprint density at radius 1 is 1.08 bits per heavy atom. The van der Waals surface area contributed by atoms with Crippen LogP contribution in [0.2, 0.25) is 0 Å². The Bertz CT molecular complexity index is 939. The number of aliphatic hydroxyl groups excluding tert-OH is 1. The van der Waals surface area contributed by atoms with Crippen molar-refractivity contribution in [2.24, 2.45) is 0 Å². The maximum atomic E-state index is 12.7. The normalized spacial score (nSPS) is 17.4. The topological polar surface area (TPSA) is 95.0 Å². The molecular formula is C17H12BrN5O2. The number of halogens is 1. The highest BCUT2D eigenvalue weighted by molar-refractivity contribution is 9.10. The zero-order chi connectivity index (χ0) is 17.4. The zero-order valence-electron chi connectivity index (χ0n) is 12.8. The summed E-state index contributed by atoms with van der Waals surface area (Å²) in [5.74, 6) is -0.771. The van der Waals surface area contributed by atoms with Gasteiger partial charge in [-0.3, -0.25) is 9.69 Å². The molecule has 4 rings (SSSR count). The van der Waals surface area contributed by atoms with E-state index < -0.39 is 11.9 Å². The number of carbonyl (C=O) groups is 1. The van der Waals surface area contributed by atoms with Crippen LogP contribution >= 0.6 is 15.9 Å². The summed E-state index contributed by atoms with van der Waals surface area (Å²) in [6.07, 6.45) is 0. The van der Waals surface area contributed by atoms with Crippen molar-refractivity contribution in [3.63, 3.8) is 0 Å². The Hall–Kier alpha value is -3.00. The average Bonchev–Trinajstić information content (AvgIpc) is 3.24. The lowest BCUT2D eigenvalue weighted by atomic mass is 9.94. The fourth-order valence-corrected chi connectivity index (χ4v) is 3.21. The van der Waals surface area contributed by atoms with Crippen molar-refractivity contribution < 1.29 is 9.90 Å². The lowest BCUT2D eigenvalue weighted by molar-refractivity contribution is -0.117. The van der Waals surface area contributed by atoms with E-state index in [1.807, 2.05) is 54.6 Å². The second-order valence-electron chi connectivity index (χ2n) is 5.47. The van der Waals surface area contributed by atoms with Crippen LogP contribution in [0.5, 0.6) is 0 Å². The van der Waals surface area contributed by atoms with Crippen LogP contribution < -0.4 is 4.90 Å². The maximum absolute atomic E-state index is 12.7. The standard InChI is InChI=1S/C17H12BrN5O2/c18-12-8-6-11(7-9-12)14-13(10-4-2-1-3-5-10)15(24)16(25)23(14)17-19-21-22-20-17/h1-9,14,24H,(H,19,20,21,22)/t14-/m0/s1. The molecule has 1 atom stereocenters. The quantitative estimate of drug-likeness (QED) is 0.707. The van der Waals surface area contributed by atoms with Gasteiger partial charge in [-0.15, -0.1) is 5.10 Å². The molecule has 1 aliphatic rings. The Labute approximate surface area is 151 Å². The van der Waals surface area contributed by atoms with E-state index >= 15 is 0 Å². The molecule has 1 aliphatic heterocycles. The number of aromatic nitrogens is 4. The molecule has 25 heavy (non-hydrogen) atoms. The van der Waals surface area contributed by atoms with Gasteiger partial charge in [0.15, 0.2) is 5.76 Å². The van der Waals surface area contributed by atoms with Gasteiger partial charge < -0.3 is 5.11 Å². The third kappa shape index (κ3) is 2.60. The molecule has 0 bridgehead atoms. The van der Waals surface area contributed by atoms with Crippen molar-refractivity contribution in [3.05, 3.63) is 76.0 Å². The number of aromatic amines is 1. The summed E-state index contributed by atoms with van der Waals surface area (Å²) in [4.78, 5) is 14.1. The number of hydrogen-bond donors (Lipinski definition) is 2. The number of hydrogen-bond acceptors (Lipinski definition) is 5. The Morgan fingerprint density at radius 3 is 2.44 bits per heavy atom. The molecule has 0 saturated heterocycles. The molecule has 0 unspecified atom stereocenters. The second-order valence-corrected chi connectivity index (χ2v) is 6.39. The SMILES string of the molecule is O=C1C(O)=C(c2ccccc2)[C@H](c2ccc(Br)cc2)N1c1nn[nH]n1. The van der Waals surface area contributed by atoms with E-state index in [-0.39, 0.29) is 11.7 Å². The third-order valence-corrected chi connectivity index (χ3v) is 4.56. The van der Waals surface area contributed by atoms with Gasteiger partial charge in [0.1, 0.15) is 0 Å². The van der Waals surface area contributed by atoms with Gasteiger partial charge in [-0.25, -0.2) is 0 Å². The van der Waals surface area contributed by atoms with Crippen LogP contribution in [0.15, 0.2) is 64.8 Å². The van der Waals surface area contributed by atoms with Gasteiger partial charge in [-0.1, -0.05) is 63.5 Å². The molecule has 2 aromatic carbocycles. The van der Waals surface area contributed by atoms with Crippen molar-refractivity contribution in [1.82, 2.24) is 20.6 Å². The van der Waals surface area contributed by atoms with E-state index in [2.05, 4.69) is 36.6 Å². The molecule has 124 valence electrons. The fourth-order valence-electron chi connectivity index (χ4n) is 2.94. The number of nitrogens with zero attached hydrogens (tertiary/aromatic N) is 4. The third-order valence-electron chi connectivity index (χ3n) is 4.03. The maximum Gasteiger partial charge on any atom is 0.296 e. The first-order valence-electron chi connectivity index (χ1n) is 7.48. The number of anilines is 1.